The smallest absolute Gasteiger partial charge is 0.246 e. The van der Waals surface area contributed by atoms with Crippen LogP contribution in [0.25, 0.3) is 0 Å². The fourth-order valence-corrected chi connectivity index (χ4v) is 4.04. The van der Waals surface area contributed by atoms with Crippen LogP contribution >= 0.6 is 0 Å². The zero-order valence-corrected chi connectivity index (χ0v) is 15.6. The molecular weight excluding hydrogens is 365 g/mol. The van der Waals surface area contributed by atoms with Crippen LogP contribution in [0.3, 0.4) is 0 Å². The molecule has 1 aromatic rings. The summed E-state index contributed by atoms with van der Waals surface area (Å²) in [6, 6.07) is 3.51. The highest BCUT2D eigenvalue weighted by Gasteiger charge is 2.29. The molecule has 0 aliphatic carbocycles. The quantitative estimate of drug-likeness (QED) is 0.669. The van der Waals surface area contributed by atoms with E-state index in [4.69, 9.17) is 9.47 Å². The summed E-state index contributed by atoms with van der Waals surface area (Å²) in [5, 5.41) is 5.53. The number of sulfonamides is 1. The van der Waals surface area contributed by atoms with Gasteiger partial charge >= 0.3 is 0 Å². The van der Waals surface area contributed by atoms with Crippen LogP contribution in [0.5, 0.6) is 0 Å². The molecule has 1 aromatic carbocycles. The zero-order chi connectivity index (χ0) is 19.2. The van der Waals surface area contributed by atoms with E-state index in [9.17, 15) is 17.6 Å². The number of benzene rings is 1. The van der Waals surface area contributed by atoms with Crippen molar-refractivity contribution in [3.63, 3.8) is 0 Å². The Balaban J connectivity index is 2.06. The molecule has 2 rings (SSSR count). The lowest BCUT2D eigenvalue weighted by Crippen LogP contribution is -2.41. The highest BCUT2D eigenvalue weighted by atomic mass is 32.2. The topological polar surface area (TPSA) is 97.0 Å². The van der Waals surface area contributed by atoms with Crippen molar-refractivity contribution >= 4 is 21.6 Å². The first-order valence-electron chi connectivity index (χ1n) is 8.24. The van der Waals surface area contributed by atoms with Crippen LogP contribution in [-0.4, -0.2) is 71.2 Å². The van der Waals surface area contributed by atoms with Gasteiger partial charge in [0.05, 0.1) is 26.4 Å². The molecule has 2 N–H and O–H groups in total. The molecule has 0 spiro atoms. The predicted octanol–water partition coefficient (Wildman–Crippen LogP) is 0.410. The molecule has 0 bridgehead atoms. The summed E-state index contributed by atoms with van der Waals surface area (Å²) >= 11 is 0. The Morgan fingerprint density at radius 1 is 1.38 bits per heavy atom. The van der Waals surface area contributed by atoms with E-state index in [1.54, 1.807) is 6.92 Å². The van der Waals surface area contributed by atoms with E-state index < -0.39 is 20.7 Å². The van der Waals surface area contributed by atoms with E-state index in [-0.39, 0.29) is 44.8 Å². The van der Waals surface area contributed by atoms with Crippen molar-refractivity contribution in [2.75, 3.05) is 51.9 Å². The summed E-state index contributed by atoms with van der Waals surface area (Å²) in [7, 11) is -2.42. The molecule has 0 aromatic heterocycles. The molecule has 26 heavy (non-hydrogen) atoms. The van der Waals surface area contributed by atoms with Gasteiger partial charge in [0.15, 0.2) is 0 Å². The van der Waals surface area contributed by atoms with Gasteiger partial charge in [-0.1, -0.05) is 0 Å². The number of carbonyl (C=O) groups excluding carboxylic acids is 1. The third kappa shape index (κ3) is 5.37. The molecule has 0 radical (unpaired) electrons. The molecule has 1 unspecified atom stereocenters. The Morgan fingerprint density at radius 3 is 2.73 bits per heavy atom. The van der Waals surface area contributed by atoms with Crippen molar-refractivity contribution in [1.29, 1.82) is 0 Å². The first-order chi connectivity index (χ1) is 12.3. The summed E-state index contributed by atoms with van der Waals surface area (Å²) in [6.07, 6.45) is 0. The predicted molar refractivity (Wildman–Crippen MR) is 93.9 cm³/mol. The number of rotatable bonds is 8. The second-order valence-corrected chi connectivity index (χ2v) is 7.85. The number of methoxy groups -OCH3 is 1. The zero-order valence-electron chi connectivity index (χ0n) is 14.8. The number of morpholine rings is 1. The van der Waals surface area contributed by atoms with E-state index in [0.717, 1.165) is 6.07 Å². The summed E-state index contributed by atoms with van der Waals surface area (Å²) in [5.41, 5.74) is 0.341. The van der Waals surface area contributed by atoms with E-state index in [1.165, 1.54) is 23.5 Å². The largest absolute Gasteiger partial charge is 0.383 e. The molecule has 8 nitrogen and oxygen atoms in total. The molecule has 1 aliphatic heterocycles. The van der Waals surface area contributed by atoms with Crippen LogP contribution in [0.4, 0.5) is 10.1 Å². The Morgan fingerprint density at radius 2 is 2.08 bits per heavy atom. The lowest BCUT2D eigenvalue weighted by molar-refractivity contribution is -0.120. The molecular formula is C16H24FN3O5S. The highest BCUT2D eigenvalue weighted by molar-refractivity contribution is 7.89. The maximum atomic E-state index is 14.1. The molecule has 1 heterocycles. The minimum Gasteiger partial charge on any atom is -0.383 e. The van der Waals surface area contributed by atoms with E-state index >= 15 is 0 Å². The Labute approximate surface area is 152 Å². The number of hydrogen-bond donors (Lipinski definition) is 2. The highest BCUT2D eigenvalue weighted by Crippen LogP contribution is 2.23. The second-order valence-electron chi connectivity index (χ2n) is 5.94. The molecule has 1 fully saturated rings. The Kier molecular flexibility index (Phi) is 7.33. The van der Waals surface area contributed by atoms with Crippen molar-refractivity contribution in [2.24, 2.45) is 0 Å². The van der Waals surface area contributed by atoms with Crippen LogP contribution < -0.4 is 10.6 Å². The lowest BCUT2D eigenvalue weighted by Gasteiger charge is -2.26. The van der Waals surface area contributed by atoms with Crippen LogP contribution in [0, 0.1) is 5.82 Å². The van der Waals surface area contributed by atoms with Gasteiger partial charge in [-0.25, -0.2) is 12.8 Å². The lowest BCUT2D eigenvalue weighted by atomic mass is 10.3. The van der Waals surface area contributed by atoms with Gasteiger partial charge in [0.2, 0.25) is 15.9 Å². The average molecular weight is 389 g/mol. The number of carbonyl (C=O) groups is 1. The monoisotopic (exact) mass is 389 g/mol. The van der Waals surface area contributed by atoms with Gasteiger partial charge < -0.3 is 20.1 Å². The van der Waals surface area contributed by atoms with Crippen LogP contribution in [-0.2, 0) is 24.3 Å². The van der Waals surface area contributed by atoms with Gasteiger partial charge in [0, 0.05) is 31.9 Å². The Hall–Kier alpha value is -1.75. The van der Waals surface area contributed by atoms with Gasteiger partial charge in [0.1, 0.15) is 10.7 Å². The maximum Gasteiger partial charge on any atom is 0.246 e. The number of halogens is 1. The number of nitrogens with zero attached hydrogens (tertiary/aromatic N) is 1. The van der Waals surface area contributed by atoms with Crippen molar-refractivity contribution < 1.29 is 27.1 Å². The van der Waals surface area contributed by atoms with Gasteiger partial charge in [0.25, 0.3) is 0 Å². The Bertz CT molecular complexity index is 723. The van der Waals surface area contributed by atoms with Gasteiger partial charge in [-0.15, -0.1) is 0 Å². The van der Waals surface area contributed by atoms with Crippen molar-refractivity contribution in [1.82, 2.24) is 9.62 Å². The third-order valence-corrected chi connectivity index (χ3v) is 5.71. The fourth-order valence-electron chi connectivity index (χ4n) is 2.54. The number of nitrogens with one attached hydrogen (secondary N) is 2. The number of ether oxygens (including phenoxy) is 2. The fraction of sp³-hybridized carbons (Fsp3) is 0.562. The third-order valence-electron chi connectivity index (χ3n) is 3.80. The maximum absolute atomic E-state index is 14.1. The van der Waals surface area contributed by atoms with E-state index in [2.05, 4.69) is 10.6 Å². The van der Waals surface area contributed by atoms with Crippen molar-refractivity contribution in [3.05, 3.63) is 24.0 Å². The first-order valence-corrected chi connectivity index (χ1v) is 9.68. The summed E-state index contributed by atoms with van der Waals surface area (Å²) < 4.78 is 50.6. The molecule has 0 saturated carbocycles. The molecule has 1 atom stereocenters. The summed E-state index contributed by atoms with van der Waals surface area (Å²) in [6.45, 7) is 3.02. The van der Waals surface area contributed by atoms with Crippen LogP contribution in [0.15, 0.2) is 23.1 Å². The number of hydrogen-bond acceptors (Lipinski definition) is 6. The van der Waals surface area contributed by atoms with Gasteiger partial charge in [-0.2, -0.15) is 4.31 Å². The number of anilines is 1. The van der Waals surface area contributed by atoms with Crippen LogP contribution in [0.2, 0.25) is 0 Å². The standard InChI is InChI=1S/C16H24FN3O5S/c1-12(11-24-2)19-16(21)10-18-13-3-4-14(17)15(9-13)26(22,23)20-5-7-25-8-6-20/h3-4,9,12,18H,5-8,10-11H2,1-2H3,(H,19,21). The van der Waals surface area contributed by atoms with Crippen molar-refractivity contribution in [2.45, 2.75) is 17.9 Å². The van der Waals surface area contributed by atoms with Crippen LogP contribution in [0.1, 0.15) is 6.92 Å². The average Bonchev–Trinajstić information content (AvgIpc) is 2.61. The molecule has 10 heteroatoms. The normalized spacial score (nSPS) is 16.9. The van der Waals surface area contributed by atoms with Gasteiger partial charge in [-0.05, 0) is 25.1 Å². The molecule has 1 amide bonds. The second kappa shape index (κ2) is 9.26. The molecule has 146 valence electrons. The van der Waals surface area contributed by atoms with E-state index in [1.807, 2.05) is 0 Å². The SMILES string of the molecule is COCC(C)NC(=O)CNc1ccc(F)c(S(=O)(=O)N2CCOCC2)c1. The minimum absolute atomic E-state index is 0.0727. The minimum atomic E-state index is -3.96. The summed E-state index contributed by atoms with van der Waals surface area (Å²) in [5.74, 6) is -1.11. The van der Waals surface area contributed by atoms with Gasteiger partial charge in [-0.3, -0.25) is 4.79 Å². The number of amides is 1. The van der Waals surface area contributed by atoms with E-state index in [0.29, 0.717) is 12.3 Å². The molecule has 1 aliphatic rings. The first kappa shape index (κ1) is 20.6. The summed E-state index contributed by atoms with van der Waals surface area (Å²) in [4.78, 5) is 11.4. The molecule has 1 saturated heterocycles. The van der Waals surface area contributed by atoms with Crippen molar-refractivity contribution in [3.8, 4) is 0 Å².